The summed E-state index contributed by atoms with van der Waals surface area (Å²) in [5.41, 5.74) is 8.64. The zero-order chi connectivity index (χ0) is 13.7. The Morgan fingerprint density at radius 2 is 2.21 bits per heavy atom. The van der Waals surface area contributed by atoms with E-state index in [4.69, 9.17) is 17.3 Å². The molecule has 1 unspecified atom stereocenters. The molecule has 1 fully saturated rings. The van der Waals surface area contributed by atoms with Gasteiger partial charge in [-0.15, -0.1) is 0 Å². The second-order valence-electron chi connectivity index (χ2n) is 5.06. The molecule has 1 atom stereocenters. The topological polar surface area (TPSA) is 29.3 Å². The second-order valence-corrected chi connectivity index (χ2v) is 6.69. The molecule has 0 aliphatic carbocycles. The number of hydrogen-bond acceptors (Lipinski definition) is 3. The molecule has 0 radical (unpaired) electrons. The average molecular weight is 299 g/mol. The maximum Gasteiger partial charge on any atom is 0.0459 e. The van der Waals surface area contributed by atoms with Crippen molar-refractivity contribution in [2.45, 2.75) is 32.2 Å². The number of anilines is 1. The van der Waals surface area contributed by atoms with Gasteiger partial charge in [0.1, 0.15) is 0 Å². The minimum absolute atomic E-state index is 0.194. The highest BCUT2D eigenvalue weighted by molar-refractivity contribution is 7.99. The molecule has 2 nitrogen and oxygen atoms in total. The monoisotopic (exact) mass is 298 g/mol. The van der Waals surface area contributed by atoms with Gasteiger partial charge >= 0.3 is 0 Å². The van der Waals surface area contributed by atoms with E-state index in [0.717, 1.165) is 31.0 Å². The fourth-order valence-electron chi connectivity index (χ4n) is 2.44. The predicted molar refractivity (Wildman–Crippen MR) is 87.6 cm³/mol. The lowest BCUT2D eigenvalue weighted by atomic mass is 10.0. The summed E-state index contributed by atoms with van der Waals surface area (Å²) in [6.07, 6.45) is 3.10. The van der Waals surface area contributed by atoms with Crippen molar-refractivity contribution < 1.29 is 0 Å². The van der Waals surface area contributed by atoms with Gasteiger partial charge in [-0.2, -0.15) is 11.8 Å². The van der Waals surface area contributed by atoms with E-state index in [0.29, 0.717) is 0 Å². The minimum Gasteiger partial charge on any atom is -0.370 e. The Bertz CT molecular complexity index is 403. The van der Waals surface area contributed by atoms with Gasteiger partial charge in [0.25, 0.3) is 0 Å². The zero-order valence-electron chi connectivity index (χ0n) is 11.6. The number of hydrogen-bond donors (Lipinski definition) is 1. The van der Waals surface area contributed by atoms with E-state index < -0.39 is 0 Å². The van der Waals surface area contributed by atoms with E-state index in [1.807, 2.05) is 17.8 Å². The molecule has 1 aliphatic heterocycles. The molecule has 0 aromatic heterocycles. The van der Waals surface area contributed by atoms with Gasteiger partial charge in [-0.05, 0) is 42.7 Å². The van der Waals surface area contributed by atoms with E-state index in [2.05, 4.69) is 24.0 Å². The van der Waals surface area contributed by atoms with Crippen LogP contribution >= 0.6 is 23.4 Å². The number of nitrogens with two attached hydrogens (primary N) is 1. The molecular formula is C15H23ClN2S. The molecule has 1 saturated heterocycles. The number of nitrogens with zero attached hydrogens (tertiary/aromatic N) is 1. The lowest BCUT2D eigenvalue weighted by Gasteiger charge is -2.26. The highest BCUT2D eigenvalue weighted by Crippen LogP contribution is 2.30. The molecular weight excluding hydrogens is 276 g/mol. The van der Waals surface area contributed by atoms with Gasteiger partial charge < -0.3 is 10.6 Å². The SMILES string of the molecule is CCC(N)Cc1c(Cl)cccc1N1CCCSCC1. The van der Waals surface area contributed by atoms with E-state index in [9.17, 15) is 0 Å². The molecule has 0 bridgehead atoms. The summed E-state index contributed by atoms with van der Waals surface area (Å²) in [5, 5.41) is 0.860. The summed E-state index contributed by atoms with van der Waals surface area (Å²) in [5.74, 6) is 2.46. The predicted octanol–water partition coefficient (Wildman–Crippen LogP) is 3.56. The number of halogens is 1. The normalized spacial score (nSPS) is 18.2. The third-order valence-corrected chi connectivity index (χ3v) is 5.05. The van der Waals surface area contributed by atoms with Gasteiger partial charge in [0.05, 0.1) is 0 Å². The largest absolute Gasteiger partial charge is 0.370 e. The molecule has 4 heteroatoms. The molecule has 1 aromatic carbocycles. The first-order chi connectivity index (χ1) is 9.22. The van der Waals surface area contributed by atoms with E-state index in [1.54, 1.807) is 0 Å². The van der Waals surface area contributed by atoms with Crippen LogP contribution in [0.4, 0.5) is 5.69 Å². The molecule has 106 valence electrons. The average Bonchev–Trinajstić information content (AvgIpc) is 2.69. The molecule has 1 aromatic rings. The van der Waals surface area contributed by atoms with Crippen molar-refractivity contribution in [3.8, 4) is 0 Å². The Hall–Kier alpha value is -0.380. The smallest absolute Gasteiger partial charge is 0.0459 e. The molecule has 0 saturated carbocycles. The van der Waals surface area contributed by atoms with Gasteiger partial charge in [0.2, 0.25) is 0 Å². The third-order valence-electron chi connectivity index (χ3n) is 3.65. The van der Waals surface area contributed by atoms with Crippen LogP contribution in [0.3, 0.4) is 0 Å². The van der Waals surface area contributed by atoms with Crippen molar-refractivity contribution in [1.82, 2.24) is 0 Å². The first-order valence-corrected chi connectivity index (χ1v) is 8.61. The summed E-state index contributed by atoms with van der Waals surface area (Å²) < 4.78 is 0. The molecule has 1 aliphatic rings. The van der Waals surface area contributed by atoms with Crippen LogP contribution < -0.4 is 10.6 Å². The van der Waals surface area contributed by atoms with Crippen molar-refractivity contribution in [3.63, 3.8) is 0 Å². The Labute approximate surface area is 125 Å². The standard InChI is InChI=1S/C15H23ClN2S/c1-2-12(17)11-13-14(16)5-3-6-15(13)18-7-4-9-19-10-8-18/h3,5-6,12H,2,4,7-11,17H2,1H3. The Balaban J connectivity index is 2.24. The van der Waals surface area contributed by atoms with Crippen LogP contribution in [0.5, 0.6) is 0 Å². The molecule has 19 heavy (non-hydrogen) atoms. The molecule has 2 N–H and O–H groups in total. The van der Waals surface area contributed by atoms with Gasteiger partial charge in [0, 0.05) is 35.6 Å². The Morgan fingerprint density at radius 1 is 1.37 bits per heavy atom. The Kier molecular flexibility index (Phi) is 5.86. The van der Waals surface area contributed by atoms with Crippen LogP contribution in [0.15, 0.2) is 18.2 Å². The second kappa shape index (κ2) is 7.41. The fraction of sp³-hybridized carbons (Fsp3) is 0.600. The molecule has 0 amide bonds. The maximum atomic E-state index is 6.40. The van der Waals surface area contributed by atoms with Gasteiger partial charge in [-0.3, -0.25) is 0 Å². The highest BCUT2D eigenvalue weighted by Gasteiger charge is 2.17. The van der Waals surface area contributed by atoms with Crippen LogP contribution in [0, 0.1) is 0 Å². The van der Waals surface area contributed by atoms with E-state index in [1.165, 1.54) is 29.2 Å². The van der Waals surface area contributed by atoms with Crippen molar-refractivity contribution in [2.75, 3.05) is 29.5 Å². The summed E-state index contributed by atoms with van der Waals surface area (Å²) >= 11 is 8.45. The van der Waals surface area contributed by atoms with E-state index >= 15 is 0 Å². The fourth-order valence-corrected chi connectivity index (χ4v) is 3.57. The summed E-state index contributed by atoms with van der Waals surface area (Å²) in [7, 11) is 0. The lowest BCUT2D eigenvalue weighted by molar-refractivity contribution is 0.644. The van der Waals surface area contributed by atoms with Crippen molar-refractivity contribution >= 4 is 29.1 Å². The summed E-state index contributed by atoms with van der Waals surface area (Å²) in [6, 6.07) is 6.42. The van der Waals surface area contributed by atoms with Crippen LogP contribution in [-0.4, -0.2) is 30.6 Å². The maximum absolute atomic E-state index is 6.40. The van der Waals surface area contributed by atoms with Crippen LogP contribution in [0.25, 0.3) is 0 Å². The van der Waals surface area contributed by atoms with E-state index in [-0.39, 0.29) is 6.04 Å². The van der Waals surface area contributed by atoms with Gasteiger partial charge in [0.15, 0.2) is 0 Å². The van der Waals surface area contributed by atoms with Gasteiger partial charge in [-0.25, -0.2) is 0 Å². The highest BCUT2D eigenvalue weighted by atomic mass is 35.5. The van der Waals surface area contributed by atoms with Crippen LogP contribution in [0.2, 0.25) is 5.02 Å². The van der Waals surface area contributed by atoms with Gasteiger partial charge in [-0.1, -0.05) is 24.6 Å². The number of rotatable bonds is 4. The third kappa shape index (κ3) is 4.04. The zero-order valence-corrected chi connectivity index (χ0v) is 13.1. The minimum atomic E-state index is 0.194. The quantitative estimate of drug-likeness (QED) is 0.921. The number of thioether (sulfide) groups is 1. The molecule has 1 heterocycles. The van der Waals surface area contributed by atoms with Crippen molar-refractivity contribution in [1.29, 1.82) is 0 Å². The first-order valence-electron chi connectivity index (χ1n) is 7.08. The van der Waals surface area contributed by atoms with Crippen molar-refractivity contribution in [2.24, 2.45) is 5.73 Å². The summed E-state index contributed by atoms with van der Waals surface area (Å²) in [4.78, 5) is 2.48. The Morgan fingerprint density at radius 3 is 3.00 bits per heavy atom. The first kappa shape index (κ1) is 15.0. The molecule has 0 spiro atoms. The molecule has 2 rings (SSSR count). The van der Waals surface area contributed by atoms with Crippen LogP contribution in [-0.2, 0) is 6.42 Å². The van der Waals surface area contributed by atoms with Crippen molar-refractivity contribution in [3.05, 3.63) is 28.8 Å². The summed E-state index contributed by atoms with van der Waals surface area (Å²) in [6.45, 7) is 4.37. The van der Waals surface area contributed by atoms with Crippen LogP contribution in [0.1, 0.15) is 25.3 Å². The number of benzene rings is 1. The lowest BCUT2D eigenvalue weighted by Crippen LogP contribution is -2.28.